The number of hydrogen-bond acceptors (Lipinski definition) is 5. The van der Waals surface area contributed by atoms with Crippen molar-refractivity contribution < 1.29 is 9.72 Å². The van der Waals surface area contributed by atoms with E-state index in [9.17, 15) is 14.9 Å². The fourth-order valence-electron chi connectivity index (χ4n) is 2.79. The number of amides is 1. The molecule has 4 rings (SSSR count). The molecule has 9 heteroatoms. The van der Waals surface area contributed by atoms with Crippen LogP contribution in [0.1, 0.15) is 16.1 Å². The van der Waals surface area contributed by atoms with Crippen molar-refractivity contribution in [1.82, 2.24) is 20.6 Å². The van der Waals surface area contributed by atoms with Crippen molar-refractivity contribution >= 4 is 28.7 Å². The van der Waals surface area contributed by atoms with Gasteiger partial charge in [0.15, 0.2) is 0 Å². The molecule has 0 aliphatic carbocycles. The minimum Gasteiger partial charge on any atom is -0.361 e. The molecule has 0 aliphatic rings. The zero-order chi connectivity index (χ0) is 19.5. The van der Waals surface area contributed by atoms with Gasteiger partial charge in [-0.25, -0.2) is 5.43 Å². The molecule has 138 valence electrons. The van der Waals surface area contributed by atoms with E-state index < -0.39 is 10.8 Å². The van der Waals surface area contributed by atoms with Crippen LogP contribution in [0.4, 0.5) is 5.69 Å². The average Bonchev–Trinajstić information content (AvgIpc) is 3.36. The van der Waals surface area contributed by atoms with Crippen LogP contribution in [0, 0.1) is 10.1 Å². The topological polar surface area (TPSA) is 129 Å². The quantitative estimate of drug-likeness (QED) is 0.281. The lowest BCUT2D eigenvalue weighted by molar-refractivity contribution is -0.384. The SMILES string of the molecule is O=C(N/N=C\c1c[nH]c2ccccc12)c1cc(-c2cccc([N+](=O)[O-])c2)n[nH]1. The summed E-state index contributed by atoms with van der Waals surface area (Å²) < 4.78 is 0. The second kappa shape index (κ2) is 7.16. The van der Waals surface area contributed by atoms with E-state index >= 15 is 0 Å². The molecule has 3 N–H and O–H groups in total. The fourth-order valence-corrected chi connectivity index (χ4v) is 2.79. The number of para-hydroxylation sites is 1. The summed E-state index contributed by atoms with van der Waals surface area (Å²) in [5.74, 6) is -0.472. The van der Waals surface area contributed by atoms with Gasteiger partial charge in [0.2, 0.25) is 0 Å². The van der Waals surface area contributed by atoms with Crippen LogP contribution in [0.15, 0.2) is 65.9 Å². The first-order chi connectivity index (χ1) is 13.6. The fraction of sp³-hybridized carbons (Fsp3) is 0. The Morgan fingerprint density at radius 1 is 1.18 bits per heavy atom. The summed E-state index contributed by atoms with van der Waals surface area (Å²) in [4.78, 5) is 25.8. The van der Waals surface area contributed by atoms with E-state index in [-0.39, 0.29) is 11.4 Å². The first kappa shape index (κ1) is 17.2. The Bertz CT molecular complexity index is 1210. The van der Waals surface area contributed by atoms with E-state index in [0.29, 0.717) is 11.3 Å². The molecule has 2 aromatic heterocycles. The van der Waals surface area contributed by atoms with E-state index in [4.69, 9.17) is 0 Å². The largest absolute Gasteiger partial charge is 0.361 e. The molecule has 4 aromatic rings. The molecule has 28 heavy (non-hydrogen) atoms. The van der Waals surface area contributed by atoms with Gasteiger partial charge in [-0.2, -0.15) is 10.2 Å². The summed E-state index contributed by atoms with van der Waals surface area (Å²) in [7, 11) is 0. The molecule has 2 aromatic carbocycles. The summed E-state index contributed by atoms with van der Waals surface area (Å²) in [6, 6.07) is 15.3. The molecule has 2 heterocycles. The van der Waals surface area contributed by atoms with Gasteiger partial charge in [-0.3, -0.25) is 20.0 Å². The number of aromatic amines is 2. The van der Waals surface area contributed by atoms with Crippen molar-refractivity contribution in [2.75, 3.05) is 0 Å². The zero-order valence-corrected chi connectivity index (χ0v) is 14.4. The maximum atomic E-state index is 12.2. The van der Waals surface area contributed by atoms with Crippen LogP contribution in [-0.4, -0.2) is 32.2 Å². The number of aromatic nitrogens is 3. The number of non-ortho nitro benzene ring substituents is 1. The van der Waals surface area contributed by atoms with Crippen LogP contribution in [0.2, 0.25) is 0 Å². The molecule has 0 spiro atoms. The van der Waals surface area contributed by atoms with Gasteiger partial charge in [0.25, 0.3) is 11.6 Å². The normalized spacial score (nSPS) is 11.1. The van der Waals surface area contributed by atoms with Gasteiger partial charge in [-0.15, -0.1) is 0 Å². The number of nitrogens with zero attached hydrogens (tertiary/aromatic N) is 3. The van der Waals surface area contributed by atoms with Crippen molar-refractivity contribution in [2.24, 2.45) is 5.10 Å². The number of fused-ring (bicyclic) bond motifs is 1. The zero-order valence-electron chi connectivity index (χ0n) is 14.4. The minimum absolute atomic E-state index is 0.0465. The molecule has 0 fully saturated rings. The maximum absolute atomic E-state index is 12.2. The maximum Gasteiger partial charge on any atom is 0.289 e. The van der Waals surface area contributed by atoms with Crippen LogP contribution >= 0.6 is 0 Å². The monoisotopic (exact) mass is 374 g/mol. The Morgan fingerprint density at radius 2 is 2.04 bits per heavy atom. The van der Waals surface area contributed by atoms with Gasteiger partial charge in [-0.05, 0) is 12.1 Å². The van der Waals surface area contributed by atoms with Crippen molar-refractivity contribution in [1.29, 1.82) is 0 Å². The first-order valence-corrected chi connectivity index (χ1v) is 8.31. The number of nitro groups is 1. The predicted molar refractivity (Wildman–Crippen MR) is 104 cm³/mol. The third-order valence-electron chi connectivity index (χ3n) is 4.17. The summed E-state index contributed by atoms with van der Waals surface area (Å²) >= 11 is 0. The minimum atomic E-state index is -0.483. The van der Waals surface area contributed by atoms with Crippen LogP contribution in [0.3, 0.4) is 0 Å². The number of rotatable bonds is 5. The lowest BCUT2D eigenvalue weighted by Crippen LogP contribution is -2.17. The van der Waals surface area contributed by atoms with Crippen LogP contribution in [0.25, 0.3) is 22.2 Å². The van der Waals surface area contributed by atoms with Gasteiger partial charge in [0, 0.05) is 40.4 Å². The third-order valence-corrected chi connectivity index (χ3v) is 4.17. The van der Waals surface area contributed by atoms with Gasteiger partial charge in [0.1, 0.15) is 5.69 Å². The van der Waals surface area contributed by atoms with Gasteiger partial charge in [0.05, 0.1) is 16.8 Å². The Hall–Kier alpha value is -4.27. The highest BCUT2D eigenvalue weighted by molar-refractivity contribution is 6.00. The van der Waals surface area contributed by atoms with Gasteiger partial charge < -0.3 is 4.98 Å². The number of hydrazone groups is 1. The summed E-state index contributed by atoms with van der Waals surface area (Å²) in [5, 5.41) is 22.5. The summed E-state index contributed by atoms with van der Waals surface area (Å²) in [5.41, 5.74) is 5.36. The molecule has 0 radical (unpaired) electrons. The first-order valence-electron chi connectivity index (χ1n) is 8.31. The lowest BCUT2D eigenvalue weighted by atomic mass is 10.1. The molecule has 0 saturated heterocycles. The predicted octanol–water partition coefficient (Wildman–Crippen LogP) is 3.23. The van der Waals surface area contributed by atoms with Crippen LogP contribution < -0.4 is 5.43 Å². The highest BCUT2D eigenvalue weighted by Gasteiger charge is 2.13. The molecule has 0 saturated carbocycles. The van der Waals surface area contributed by atoms with Crippen molar-refractivity contribution in [3.8, 4) is 11.3 Å². The van der Waals surface area contributed by atoms with Gasteiger partial charge >= 0.3 is 0 Å². The number of nitro benzene ring substituents is 1. The standard InChI is InChI=1S/C19H14N6O3/c26-19(24-21-11-13-10-20-16-7-2-1-6-15(13)16)18-9-17(22-23-18)12-4-3-5-14(8-12)25(27)28/h1-11,20H,(H,22,23)(H,24,26)/b21-11-. The summed E-state index contributed by atoms with van der Waals surface area (Å²) in [6.45, 7) is 0. The average molecular weight is 374 g/mol. The number of benzene rings is 2. The van der Waals surface area contributed by atoms with Crippen LogP contribution in [0.5, 0.6) is 0 Å². The summed E-state index contributed by atoms with van der Waals surface area (Å²) in [6.07, 6.45) is 3.35. The Balaban J connectivity index is 1.47. The van der Waals surface area contributed by atoms with Gasteiger partial charge in [-0.1, -0.05) is 30.3 Å². The van der Waals surface area contributed by atoms with E-state index in [1.54, 1.807) is 24.5 Å². The highest BCUT2D eigenvalue weighted by atomic mass is 16.6. The molecule has 9 nitrogen and oxygen atoms in total. The molecular formula is C19H14N6O3. The second-order valence-corrected chi connectivity index (χ2v) is 5.96. The molecule has 0 unspecified atom stereocenters. The smallest absolute Gasteiger partial charge is 0.289 e. The molecular weight excluding hydrogens is 360 g/mol. The van der Waals surface area contributed by atoms with Crippen molar-refractivity contribution in [2.45, 2.75) is 0 Å². The van der Waals surface area contributed by atoms with Crippen molar-refractivity contribution in [3.05, 3.63) is 82.2 Å². The van der Waals surface area contributed by atoms with E-state index in [2.05, 4.69) is 25.7 Å². The Morgan fingerprint density at radius 3 is 2.89 bits per heavy atom. The Kier molecular flexibility index (Phi) is 4.38. The Labute approximate surface area is 158 Å². The number of H-pyrrole nitrogens is 2. The number of nitrogens with one attached hydrogen (secondary N) is 3. The number of carbonyl (C=O) groups is 1. The van der Waals surface area contributed by atoms with Crippen LogP contribution in [-0.2, 0) is 0 Å². The third kappa shape index (κ3) is 3.36. The number of hydrogen-bond donors (Lipinski definition) is 3. The van der Waals surface area contributed by atoms with Crippen molar-refractivity contribution in [3.63, 3.8) is 0 Å². The lowest BCUT2D eigenvalue weighted by Gasteiger charge is -1.96. The van der Waals surface area contributed by atoms with E-state index in [1.807, 2.05) is 24.3 Å². The molecule has 0 atom stereocenters. The number of carbonyl (C=O) groups excluding carboxylic acids is 1. The van der Waals surface area contributed by atoms with E-state index in [1.165, 1.54) is 18.2 Å². The molecule has 0 bridgehead atoms. The highest BCUT2D eigenvalue weighted by Crippen LogP contribution is 2.22. The molecule has 1 amide bonds. The second-order valence-electron chi connectivity index (χ2n) is 5.96. The van der Waals surface area contributed by atoms with E-state index in [0.717, 1.165) is 16.5 Å². The molecule has 0 aliphatic heterocycles.